The number of aromatic nitrogens is 2. The predicted molar refractivity (Wildman–Crippen MR) is 83.0 cm³/mol. The van der Waals surface area contributed by atoms with E-state index in [0.717, 1.165) is 12.0 Å². The SMILES string of the molecule is CCC(NC(=O)c1cn(CCN)cn1)c1ccc(C)cc1. The fourth-order valence-corrected chi connectivity index (χ4v) is 2.20. The van der Waals surface area contributed by atoms with Crippen molar-refractivity contribution in [2.75, 3.05) is 6.54 Å². The lowest BCUT2D eigenvalue weighted by molar-refractivity contribution is 0.0931. The highest BCUT2D eigenvalue weighted by atomic mass is 16.2. The summed E-state index contributed by atoms with van der Waals surface area (Å²) in [4.78, 5) is 16.4. The molecule has 5 heteroatoms. The van der Waals surface area contributed by atoms with Crippen LogP contribution in [0.1, 0.15) is 41.0 Å². The van der Waals surface area contributed by atoms with Crippen LogP contribution in [-0.2, 0) is 6.54 Å². The van der Waals surface area contributed by atoms with E-state index in [1.165, 1.54) is 5.56 Å². The summed E-state index contributed by atoms with van der Waals surface area (Å²) in [6, 6.07) is 8.21. The number of carbonyl (C=O) groups is 1. The molecule has 1 amide bonds. The molecule has 0 aliphatic carbocycles. The molecule has 0 bridgehead atoms. The average molecular weight is 286 g/mol. The maximum atomic E-state index is 12.3. The molecule has 0 aliphatic heterocycles. The Morgan fingerprint density at radius 1 is 1.38 bits per heavy atom. The number of hydrogen-bond acceptors (Lipinski definition) is 3. The molecular weight excluding hydrogens is 264 g/mol. The van der Waals surface area contributed by atoms with E-state index in [4.69, 9.17) is 5.73 Å². The normalized spacial score (nSPS) is 12.1. The van der Waals surface area contributed by atoms with Gasteiger partial charge in [-0.05, 0) is 18.9 Å². The van der Waals surface area contributed by atoms with Gasteiger partial charge in [-0.25, -0.2) is 4.98 Å². The van der Waals surface area contributed by atoms with Crippen molar-refractivity contribution in [1.29, 1.82) is 0 Å². The van der Waals surface area contributed by atoms with Gasteiger partial charge in [0, 0.05) is 19.3 Å². The van der Waals surface area contributed by atoms with Crippen molar-refractivity contribution in [3.8, 4) is 0 Å². The molecule has 1 aromatic carbocycles. The molecule has 5 nitrogen and oxygen atoms in total. The van der Waals surface area contributed by atoms with E-state index < -0.39 is 0 Å². The summed E-state index contributed by atoms with van der Waals surface area (Å²) in [6.07, 6.45) is 4.19. The number of amides is 1. The Balaban J connectivity index is 2.06. The van der Waals surface area contributed by atoms with Crippen LogP contribution < -0.4 is 11.1 Å². The first-order valence-corrected chi connectivity index (χ1v) is 7.23. The number of benzene rings is 1. The highest BCUT2D eigenvalue weighted by Crippen LogP contribution is 2.17. The second kappa shape index (κ2) is 7.04. The molecule has 1 atom stereocenters. The zero-order valence-electron chi connectivity index (χ0n) is 12.5. The zero-order valence-corrected chi connectivity index (χ0v) is 12.5. The number of aryl methyl sites for hydroxylation is 1. The molecule has 0 fully saturated rings. The maximum absolute atomic E-state index is 12.3. The number of nitrogens with zero attached hydrogens (tertiary/aromatic N) is 2. The first-order valence-electron chi connectivity index (χ1n) is 7.23. The molecule has 2 rings (SSSR count). The standard InChI is InChI=1S/C16H22N4O/c1-3-14(13-6-4-12(2)5-7-13)19-16(21)15-10-20(9-8-17)11-18-15/h4-7,10-11,14H,3,8-9,17H2,1-2H3,(H,19,21). The molecule has 0 spiro atoms. The molecule has 0 radical (unpaired) electrons. The van der Waals surface area contributed by atoms with Crippen molar-refractivity contribution in [3.05, 3.63) is 53.6 Å². The monoisotopic (exact) mass is 286 g/mol. The van der Waals surface area contributed by atoms with Gasteiger partial charge in [0.05, 0.1) is 12.4 Å². The number of rotatable bonds is 6. The van der Waals surface area contributed by atoms with Gasteiger partial charge in [0.1, 0.15) is 5.69 Å². The lowest BCUT2D eigenvalue weighted by Crippen LogP contribution is -2.28. The second-order valence-corrected chi connectivity index (χ2v) is 5.13. The average Bonchev–Trinajstić information content (AvgIpc) is 2.95. The van der Waals surface area contributed by atoms with Gasteiger partial charge in [0.2, 0.25) is 0 Å². The third-order valence-corrected chi connectivity index (χ3v) is 3.45. The quantitative estimate of drug-likeness (QED) is 0.853. The fraction of sp³-hybridized carbons (Fsp3) is 0.375. The minimum Gasteiger partial charge on any atom is -0.344 e. The molecule has 1 heterocycles. The summed E-state index contributed by atoms with van der Waals surface area (Å²) in [7, 11) is 0. The van der Waals surface area contributed by atoms with Gasteiger partial charge in [0.25, 0.3) is 5.91 Å². The van der Waals surface area contributed by atoms with E-state index in [0.29, 0.717) is 18.8 Å². The number of nitrogens with two attached hydrogens (primary N) is 1. The van der Waals surface area contributed by atoms with Gasteiger partial charge in [-0.3, -0.25) is 4.79 Å². The van der Waals surface area contributed by atoms with Gasteiger partial charge in [-0.1, -0.05) is 36.8 Å². The Labute approximate surface area is 125 Å². The Morgan fingerprint density at radius 2 is 2.10 bits per heavy atom. The largest absolute Gasteiger partial charge is 0.344 e. The van der Waals surface area contributed by atoms with Crippen LogP contribution in [0.2, 0.25) is 0 Å². The Bertz CT molecular complexity index is 589. The zero-order chi connectivity index (χ0) is 15.2. The van der Waals surface area contributed by atoms with Crippen LogP contribution >= 0.6 is 0 Å². The minimum absolute atomic E-state index is 0.00208. The predicted octanol–water partition coefficient (Wildman–Crippen LogP) is 2.03. The first-order chi connectivity index (χ1) is 10.1. The lowest BCUT2D eigenvalue weighted by atomic mass is 10.0. The van der Waals surface area contributed by atoms with Crippen LogP contribution in [0.3, 0.4) is 0 Å². The van der Waals surface area contributed by atoms with Crippen LogP contribution in [-0.4, -0.2) is 22.0 Å². The summed E-state index contributed by atoms with van der Waals surface area (Å²) < 4.78 is 1.82. The van der Waals surface area contributed by atoms with Gasteiger partial charge >= 0.3 is 0 Å². The van der Waals surface area contributed by atoms with Crippen LogP contribution in [0.15, 0.2) is 36.8 Å². The highest BCUT2D eigenvalue weighted by Gasteiger charge is 2.15. The number of hydrogen-bond donors (Lipinski definition) is 2. The van der Waals surface area contributed by atoms with E-state index in [1.54, 1.807) is 12.5 Å². The molecule has 1 aromatic heterocycles. The molecule has 0 aliphatic rings. The van der Waals surface area contributed by atoms with E-state index >= 15 is 0 Å². The van der Waals surface area contributed by atoms with Gasteiger partial charge in [-0.15, -0.1) is 0 Å². The molecule has 3 N–H and O–H groups in total. The minimum atomic E-state index is -0.154. The van der Waals surface area contributed by atoms with Crippen molar-refractivity contribution in [3.63, 3.8) is 0 Å². The molecular formula is C16H22N4O. The van der Waals surface area contributed by atoms with Crippen LogP contribution in [0.4, 0.5) is 0 Å². The Kier molecular flexibility index (Phi) is 5.11. The second-order valence-electron chi connectivity index (χ2n) is 5.13. The summed E-state index contributed by atoms with van der Waals surface area (Å²) in [5, 5.41) is 3.03. The third kappa shape index (κ3) is 3.92. The number of carbonyl (C=O) groups excluding carboxylic acids is 1. The maximum Gasteiger partial charge on any atom is 0.271 e. The number of nitrogens with one attached hydrogen (secondary N) is 1. The Hall–Kier alpha value is -2.14. The molecule has 0 saturated carbocycles. The third-order valence-electron chi connectivity index (χ3n) is 3.45. The van der Waals surface area contributed by atoms with Crippen molar-refractivity contribution in [2.24, 2.45) is 5.73 Å². The molecule has 112 valence electrons. The molecule has 1 unspecified atom stereocenters. The van der Waals surface area contributed by atoms with Crippen LogP contribution in [0, 0.1) is 6.92 Å². The summed E-state index contributed by atoms with van der Waals surface area (Å²) in [5.41, 5.74) is 8.23. The van der Waals surface area contributed by atoms with Crippen molar-refractivity contribution < 1.29 is 4.79 Å². The van der Waals surface area contributed by atoms with Crippen molar-refractivity contribution in [2.45, 2.75) is 32.9 Å². The van der Waals surface area contributed by atoms with Gasteiger partial charge < -0.3 is 15.6 Å². The van der Waals surface area contributed by atoms with E-state index in [1.807, 2.05) is 11.5 Å². The van der Waals surface area contributed by atoms with Crippen LogP contribution in [0.5, 0.6) is 0 Å². The smallest absolute Gasteiger partial charge is 0.271 e. The van der Waals surface area contributed by atoms with Crippen molar-refractivity contribution in [1.82, 2.24) is 14.9 Å². The Morgan fingerprint density at radius 3 is 2.71 bits per heavy atom. The molecule has 0 saturated heterocycles. The van der Waals surface area contributed by atoms with Crippen molar-refractivity contribution >= 4 is 5.91 Å². The molecule has 2 aromatic rings. The summed E-state index contributed by atoms with van der Waals surface area (Å²) in [5.74, 6) is -0.154. The first kappa shape index (κ1) is 15.3. The van der Waals surface area contributed by atoms with Gasteiger partial charge in [0.15, 0.2) is 0 Å². The van der Waals surface area contributed by atoms with E-state index in [2.05, 4.69) is 41.5 Å². The lowest BCUT2D eigenvalue weighted by Gasteiger charge is -2.17. The summed E-state index contributed by atoms with van der Waals surface area (Å²) in [6.45, 7) is 5.29. The molecule has 21 heavy (non-hydrogen) atoms. The van der Waals surface area contributed by atoms with Crippen LogP contribution in [0.25, 0.3) is 0 Å². The fourth-order valence-electron chi connectivity index (χ4n) is 2.20. The number of imidazole rings is 1. The summed E-state index contributed by atoms with van der Waals surface area (Å²) >= 11 is 0. The van der Waals surface area contributed by atoms with E-state index in [9.17, 15) is 4.79 Å². The highest BCUT2D eigenvalue weighted by molar-refractivity contribution is 5.92. The van der Waals surface area contributed by atoms with E-state index in [-0.39, 0.29) is 11.9 Å². The van der Waals surface area contributed by atoms with Gasteiger partial charge in [-0.2, -0.15) is 0 Å². The topological polar surface area (TPSA) is 72.9 Å².